The molecule has 0 unspecified atom stereocenters. The first-order chi connectivity index (χ1) is 11.7. The maximum Gasteiger partial charge on any atom is 0.265 e. The summed E-state index contributed by atoms with van der Waals surface area (Å²) >= 11 is 1.39. The second-order valence-electron chi connectivity index (χ2n) is 5.18. The van der Waals surface area contributed by atoms with E-state index in [2.05, 4.69) is 10.6 Å². The van der Waals surface area contributed by atoms with E-state index in [4.69, 9.17) is 0 Å². The molecule has 24 heavy (non-hydrogen) atoms. The van der Waals surface area contributed by atoms with E-state index in [1.54, 1.807) is 30.3 Å². The fourth-order valence-corrected chi connectivity index (χ4v) is 2.80. The Labute approximate surface area is 144 Å². The van der Waals surface area contributed by atoms with Crippen LogP contribution in [0.5, 0.6) is 0 Å². The molecule has 0 bridgehead atoms. The van der Waals surface area contributed by atoms with E-state index < -0.39 is 0 Å². The van der Waals surface area contributed by atoms with E-state index in [-0.39, 0.29) is 11.8 Å². The Morgan fingerprint density at radius 1 is 0.833 bits per heavy atom. The highest BCUT2D eigenvalue weighted by Crippen LogP contribution is 2.14. The molecule has 2 aromatic carbocycles. The van der Waals surface area contributed by atoms with Crippen molar-refractivity contribution in [2.45, 2.75) is 6.54 Å². The molecule has 0 saturated heterocycles. The van der Waals surface area contributed by atoms with Gasteiger partial charge in [0.1, 0.15) is 0 Å². The predicted molar refractivity (Wildman–Crippen MR) is 96.3 cm³/mol. The molecule has 0 spiro atoms. The average Bonchev–Trinajstić information content (AvgIpc) is 3.16. The first kappa shape index (κ1) is 16.0. The fourth-order valence-electron chi connectivity index (χ4n) is 2.19. The number of carbonyl (C=O) groups is 2. The molecule has 0 fully saturated rings. The number of carbonyl (C=O) groups excluding carboxylic acids is 2. The topological polar surface area (TPSA) is 58.2 Å². The second kappa shape index (κ2) is 7.57. The number of nitrogens with one attached hydrogen (secondary N) is 2. The molecule has 0 radical (unpaired) electrons. The van der Waals surface area contributed by atoms with Gasteiger partial charge in [-0.25, -0.2) is 0 Å². The second-order valence-corrected chi connectivity index (χ2v) is 6.12. The first-order valence-electron chi connectivity index (χ1n) is 7.49. The molecular formula is C19H16N2O2S. The van der Waals surface area contributed by atoms with Crippen molar-refractivity contribution in [3.63, 3.8) is 0 Å². The van der Waals surface area contributed by atoms with Gasteiger partial charge >= 0.3 is 0 Å². The molecule has 0 saturated carbocycles. The molecular weight excluding hydrogens is 320 g/mol. The summed E-state index contributed by atoms with van der Waals surface area (Å²) < 4.78 is 0. The lowest BCUT2D eigenvalue weighted by atomic mass is 10.1. The van der Waals surface area contributed by atoms with Gasteiger partial charge in [0.15, 0.2) is 0 Å². The number of anilines is 1. The Hall–Kier alpha value is -2.92. The fraction of sp³-hybridized carbons (Fsp3) is 0.0526. The van der Waals surface area contributed by atoms with Crippen molar-refractivity contribution in [2.24, 2.45) is 0 Å². The van der Waals surface area contributed by atoms with Crippen LogP contribution in [-0.2, 0) is 6.54 Å². The van der Waals surface area contributed by atoms with Gasteiger partial charge in [-0.15, -0.1) is 11.3 Å². The number of hydrogen-bond acceptors (Lipinski definition) is 3. The van der Waals surface area contributed by atoms with Crippen LogP contribution in [-0.4, -0.2) is 11.8 Å². The Balaban J connectivity index is 1.57. The lowest BCUT2D eigenvalue weighted by Gasteiger charge is -2.07. The number of benzene rings is 2. The van der Waals surface area contributed by atoms with E-state index in [0.29, 0.717) is 22.7 Å². The van der Waals surface area contributed by atoms with Gasteiger partial charge in [-0.1, -0.05) is 36.4 Å². The number of amides is 2. The van der Waals surface area contributed by atoms with Gasteiger partial charge in [0.05, 0.1) is 4.88 Å². The van der Waals surface area contributed by atoms with Crippen LogP contribution in [0.3, 0.4) is 0 Å². The molecule has 120 valence electrons. The molecule has 0 aliphatic heterocycles. The molecule has 1 heterocycles. The highest BCUT2D eigenvalue weighted by molar-refractivity contribution is 7.12. The van der Waals surface area contributed by atoms with Crippen LogP contribution in [0, 0.1) is 0 Å². The third-order valence-corrected chi connectivity index (χ3v) is 4.31. The minimum atomic E-state index is -0.147. The third-order valence-electron chi connectivity index (χ3n) is 3.45. The Bertz CT molecular complexity index is 812. The highest BCUT2D eigenvalue weighted by Gasteiger charge is 2.08. The summed E-state index contributed by atoms with van der Waals surface area (Å²) in [7, 11) is 0. The van der Waals surface area contributed by atoms with Crippen molar-refractivity contribution in [1.29, 1.82) is 0 Å². The molecule has 0 atom stereocenters. The molecule has 3 aromatic rings. The quantitative estimate of drug-likeness (QED) is 0.742. The minimum Gasteiger partial charge on any atom is -0.348 e. The van der Waals surface area contributed by atoms with Crippen LogP contribution >= 0.6 is 11.3 Å². The van der Waals surface area contributed by atoms with Gasteiger partial charge in [0, 0.05) is 17.8 Å². The lowest BCUT2D eigenvalue weighted by Crippen LogP contribution is -2.22. The summed E-state index contributed by atoms with van der Waals surface area (Å²) in [6, 6.07) is 20.2. The largest absolute Gasteiger partial charge is 0.348 e. The molecule has 5 heteroatoms. The summed E-state index contributed by atoms with van der Waals surface area (Å²) in [6.45, 7) is 0.483. The number of hydrogen-bond donors (Lipinski definition) is 2. The monoisotopic (exact) mass is 336 g/mol. The van der Waals surface area contributed by atoms with Gasteiger partial charge in [0.2, 0.25) is 0 Å². The van der Waals surface area contributed by atoms with Crippen LogP contribution in [0.4, 0.5) is 5.69 Å². The van der Waals surface area contributed by atoms with Crippen molar-refractivity contribution in [3.05, 3.63) is 88.1 Å². The van der Waals surface area contributed by atoms with E-state index in [9.17, 15) is 9.59 Å². The van der Waals surface area contributed by atoms with Crippen LogP contribution in [0.2, 0.25) is 0 Å². The zero-order chi connectivity index (χ0) is 16.8. The Morgan fingerprint density at radius 3 is 2.25 bits per heavy atom. The summed E-state index contributed by atoms with van der Waals surface area (Å²) in [4.78, 5) is 24.8. The predicted octanol–water partition coefficient (Wildman–Crippen LogP) is 3.93. The highest BCUT2D eigenvalue weighted by atomic mass is 32.1. The van der Waals surface area contributed by atoms with Crippen LogP contribution in [0.25, 0.3) is 0 Å². The molecule has 0 aliphatic rings. The number of rotatable bonds is 5. The molecule has 0 aliphatic carbocycles. The summed E-state index contributed by atoms with van der Waals surface area (Å²) in [5.74, 6) is -0.290. The molecule has 3 rings (SSSR count). The SMILES string of the molecule is O=C(NCc1ccccc1)c1ccc(NC(=O)c2cccs2)cc1. The maximum absolute atomic E-state index is 12.1. The van der Waals surface area contributed by atoms with Crippen LogP contribution in [0.15, 0.2) is 72.1 Å². The summed E-state index contributed by atoms with van der Waals surface area (Å²) in [5.41, 5.74) is 2.26. The van der Waals surface area contributed by atoms with E-state index in [1.807, 2.05) is 41.8 Å². The van der Waals surface area contributed by atoms with Crippen molar-refractivity contribution in [1.82, 2.24) is 5.32 Å². The van der Waals surface area contributed by atoms with E-state index >= 15 is 0 Å². The van der Waals surface area contributed by atoms with Crippen molar-refractivity contribution in [3.8, 4) is 0 Å². The summed E-state index contributed by atoms with van der Waals surface area (Å²) in [6.07, 6.45) is 0. The van der Waals surface area contributed by atoms with Gasteiger partial charge in [-0.05, 0) is 41.3 Å². The first-order valence-corrected chi connectivity index (χ1v) is 8.37. The summed E-state index contributed by atoms with van der Waals surface area (Å²) in [5, 5.41) is 7.54. The van der Waals surface area contributed by atoms with Crippen LogP contribution in [0.1, 0.15) is 25.6 Å². The van der Waals surface area contributed by atoms with Crippen molar-refractivity contribution < 1.29 is 9.59 Å². The Kier molecular flexibility index (Phi) is 5.03. The van der Waals surface area contributed by atoms with Crippen molar-refractivity contribution >= 4 is 28.8 Å². The standard InChI is InChI=1S/C19H16N2O2S/c22-18(20-13-14-5-2-1-3-6-14)15-8-10-16(11-9-15)21-19(23)17-7-4-12-24-17/h1-12H,13H2,(H,20,22)(H,21,23). The smallest absolute Gasteiger partial charge is 0.265 e. The maximum atomic E-state index is 12.1. The molecule has 4 nitrogen and oxygen atoms in total. The van der Waals surface area contributed by atoms with E-state index in [0.717, 1.165) is 5.56 Å². The third kappa shape index (κ3) is 4.08. The van der Waals surface area contributed by atoms with Crippen molar-refractivity contribution in [2.75, 3.05) is 5.32 Å². The number of thiophene rings is 1. The normalized spacial score (nSPS) is 10.2. The zero-order valence-corrected chi connectivity index (χ0v) is 13.7. The van der Waals surface area contributed by atoms with Crippen LogP contribution < -0.4 is 10.6 Å². The van der Waals surface area contributed by atoms with Gasteiger partial charge < -0.3 is 10.6 Å². The lowest BCUT2D eigenvalue weighted by molar-refractivity contribution is 0.0950. The molecule has 2 amide bonds. The molecule has 1 aromatic heterocycles. The van der Waals surface area contributed by atoms with Gasteiger partial charge in [0.25, 0.3) is 11.8 Å². The van der Waals surface area contributed by atoms with E-state index in [1.165, 1.54) is 11.3 Å². The van der Waals surface area contributed by atoms with Gasteiger partial charge in [-0.3, -0.25) is 9.59 Å². The molecule has 2 N–H and O–H groups in total. The zero-order valence-electron chi connectivity index (χ0n) is 12.9. The van der Waals surface area contributed by atoms with Gasteiger partial charge in [-0.2, -0.15) is 0 Å². The average molecular weight is 336 g/mol. The Morgan fingerprint density at radius 2 is 1.58 bits per heavy atom. The minimum absolute atomic E-state index is 0.144.